The van der Waals surface area contributed by atoms with E-state index in [1.165, 1.54) is 17.0 Å². The number of nitrogens with one attached hydrogen (secondary N) is 1. The zero-order valence-electron chi connectivity index (χ0n) is 23.2. The summed E-state index contributed by atoms with van der Waals surface area (Å²) in [6.07, 6.45) is 0. The fourth-order valence-corrected chi connectivity index (χ4v) is 5.74. The third-order valence-corrected chi connectivity index (χ3v) is 8.65. The van der Waals surface area contributed by atoms with Crippen molar-refractivity contribution in [2.24, 2.45) is 0 Å². The molecule has 3 aromatic carbocycles. The number of halogens is 1. The van der Waals surface area contributed by atoms with E-state index in [-0.39, 0.29) is 23.4 Å². The van der Waals surface area contributed by atoms with Crippen molar-refractivity contribution >= 4 is 39.1 Å². The molecular formula is C30H36ClN3O4S. The van der Waals surface area contributed by atoms with Crippen molar-refractivity contribution in [2.75, 3.05) is 10.8 Å². The van der Waals surface area contributed by atoms with Gasteiger partial charge in [0.1, 0.15) is 12.6 Å². The van der Waals surface area contributed by atoms with Gasteiger partial charge in [0.2, 0.25) is 11.8 Å². The van der Waals surface area contributed by atoms with E-state index in [1.54, 1.807) is 44.2 Å². The molecule has 0 saturated heterocycles. The second kappa shape index (κ2) is 12.7. The summed E-state index contributed by atoms with van der Waals surface area (Å²) in [7, 11) is -4.16. The Balaban J connectivity index is 2.07. The van der Waals surface area contributed by atoms with E-state index in [0.29, 0.717) is 16.3 Å². The first-order valence-corrected chi connectivity index (χ1v) is 14.6. The molecule has 1 N–H and O–H groups in total. The molecule has 0 aliphatic heterocycles. The Kier molecular flexibility index (Phi) is 9.80. The number of aryl methyl sites for hydroxylation is 2. The Morgan fingerprint density at radius 3 is 2.00 bits per heavy atom. The van der Waals surface area contributed by atoms with Crippen LogP contribution in [0.25, 0.3) is 0 Å². The third-order valence-electron chi connectivity index (χ3n) is 6.47. The number of hydrogen-bond donors (Lipinski definition) is 1. The molecule has 0 heterocycles. The molecule has 0 spiro atoms. The van der Waals surface area contributed by atoms with E-state index in [2.05, 4.69) is 5.32 Å². The molecule has 0 saturated carbocycles. The van der Waals surface area contributed by atoms with Crippen LogP contribution < -0.4 is 9.62 Å². The highest BCUT2D eigenvalue weighted by atomic mass is 35.5. The molecule has 9 heteroatoms. The maximum absolute atomic E-state index is 14.0. The topological polar surface area (TPSA) is 86.8 Å². The molecule has 208 valence electrons. The lowest BCUT2D eigenvalue weighted by Crippen LogP contribution is -2.52. The lowest BCUT2D eigenvalue weighted by Gasteiger charge is -2.33. The minimum absolute atomic E-state index is 0.0518. The summed E-state index contributed by atoms with van der Waals surface area (Å²) in [5.74, 6) is -0.839. The minimum atomic E-state index is -4.16. The first-order valence-electron chi connectivity index (χ1n) is 12.8. The summed E-state index contributed by atoms with van der Waals surface area (Å²) >= 11 is 6.36. The predicted octanol–water partition coefficient (Wildman–Crippen LogP) is 5.40. The van der Waals surface area contributed by atoms with Gasteiger partial charge >= 0.3 is 0 Å². The largest absolute Gasteiger partial charge is 0.352 e. The highest BCUT2D eigenvalue weighted by Crippen LogP contribution is 2.31. The van der Waals surface area contributed by atoms with Crippen LogP contribution in [0, 0.1) is 20.8 Å². The van der Waals surface area contributed by atoms with E-state index in [1.807, 2.05) is 52.0 Å². The maximum atomic E-state index is 14.0. The van der Waals surface area contributed by atoms with Crippen LogP contribution >= 0.6 is 11.6 Å². The van der Waals surface area contributed by atoms with Crippen LogP contribution in [0.3, 0.4) is 0 Å². The van der Waals surface area contributed by atoms with Gasteiger partial charge in [0.15, 0.2) is 0 Å². The summed E-state index contributed by atoms with van der Waals surface area (Å²) < 4.78 is 29.0. The van der Waals surface area contributed by atoms with Crippen LogP contribution in [-0.2, 0) is 26.2 Å². The maximum Gasteiger partial charge on any atom is 0.264 e. The normalized spacial score (nSPS) is 12.2. The minimum Gasteiger partial charge on any atom is -0.352 e. The molecule has 1 atom stereocenters. The SMILES string of the molecule is Cc1ccc(CN(C(=O)CN(c2cccc(Cl)c2C)S(=O)(=O)c2ccc(C)cc2)[C@H](C)C(=O)NC(C)C)cc1. The van der Waals surface area contributed by atoms with Crippen LogP contribution in [0.15, 0.2) is 71.6 Å². The highest BCUT2D eigenvalue weighted by molar-refractivity contribution is 7.92. The molecule has 2 amide bonds. The smallest absolute Gasteiger partial charge is 0.264 e. The summed E-state index contributed by atoms with van der Waals surface area (Å²) in [4.78, 5) is 28.4. The highest BCUT2D eigenvalue weighted by Gasteiger charge is 2.33. The second-order valence-corrected chi connectivity index (χ2v) is 12.3. The standard InChI is InChI=1S/C30H36ClN3O4S/c1-20(2)32-30(36)24(6)33(18-25-14-10-21(3)11-15-25)29(35)19-34(28-9-7-8-27(31)23(28)5)39(37,38)26-16-12-22(4)13-17-26/h7-17,20,24H,18-19H2,1-6H3,(H,32,36)/t24-/m1/s1. The van der Waals surface area contributed by atoms with Crippen molar-refractivity contribution in [3.05, 3.63) is 94.0 Å². The van der Waals surface area contributed by atoms with Crippen molar-refractivity contribution in [3.8, 4) is 0 Å². The number of rotatable bonds is 10. The average molecular weight is 570 g/mol. The van der Waals surface area contributed by atoms with Crippen molar-refractivity contribution in [2.45, 2.75) is 65.1 Å². The fourth-order valence-electron chi connectivity index (χ4n) is 4.09. The predicted molar refractivity (Wildman–Crippen MR) is 156 cm³/mol. The van der Waals surface area contributed by atoms with Gasteiger partial charge < -0.3 is 10.2 Å². The monoisotopic (exact) mass is 569 g/mol. The van der Waals surface area contributed by atoms with Gasteiger partial charge in [-0.15, -0.1) is 0 Å². The third kappa shape index (κ3) is 7.40. The second-order valence-electron chi connectivity index (χ2n) is 10.1. The van der Waals surface area contributed by atoms with Crippen LogP contribution in [0.5, 0.6) is 0 Å². The molecule has 0 aromatic heterocycles. The van der Waals surface area contributed by atoms with Gasteiger partial charge in [-0.2, -0.15) is 0 Å². The summed E-state index contributed by atoms with van der Waals surface area (Å²) in [6.45, 7) is 10.5. The number of nitrogens with zero attached hydrogens (tertiary/aromatic N) is 2. The van der Waals surface area contributed by atoms with Gasteiger partial charge in [-0.1, -0.05) is 65.2 Å². The van der Waals surface area contributed by atoms with E-state index < -0.39 is 28.5 Å². The average Bonchev–Trinajstić information content (AvgIpc) is 2.88. The van der Waals surface area contributed by atoms with Crippen molar-refractivity contribution in [1.29, 1.82) is 0 Å². The van der Waals surface area contributed by atoms with Crippen LogP contribution in [0.1, 0.15) is 43.0 Å². The van der Waals surface area contributed by atoms with E-state index in [4.69, 9.17) is 11.6 Å². The first kappa shape index (κ1) is 30.2. The zero-order chi connectivity index (χ0) is 28.9. The molecule has 0 aliphatic rings. The van der Waals surface area contributed by atoms with E-state index in [0.717, 1.165) is 21.0 Å². The lowest BCUT2D eigenvalue weighted by molar-refractivity contribution is -0.139. The number of sulfonamides is 1. The Morgan fingerprint density at radius 2 is 1.44 bits per heavy atom. The van der Waals surface area contributed by atoms with Crippen LogP contribution in [-0.4, -0.2) is 43.8 Å². The molecule has 3 aromatic rings. The molecule has 0 bridgehead atoms. The number of carbonyl (C=O) groups excluding carboxylic acids is 2. The van der Waals surface area contributed by atoms with Crippen molar-refractivity contribution in [3.63, 3.8) is 0 Å². The Labute approximate surface area is 236 Å². The fraction of sp³-hybridized carbons (Fsp3) is 0.333. The molecule has 0 aliphatic carbocycles. The molecule has 0 radical (unpaired) electrons. The van der Waals surface area contributed by atoms with E-state index in [9.17, 15) is 18.0 Å². The Morgan fingerprint density at radius 1 is 0.872 bits per heavy atom. The van der Waals surface area contributed by atoms with Crippen LogP contribution in [0.2, 0.25) is 5.02 Å². The number of carbonyl (C=O) groups is 2. The molecule has 0 fully saturated rings. The van der Waals surface area contributed by atoms with Gasteiger partial charge in [0.25, 0.3) is 10.0 Å². The quantitative estimate of drug-likeness (QED) is 0.354. The Hall–Kier alpha value is -3.36. The molecular weight excluding hydrogens is 534 g/mol. The summed E-state index contributed by atoms with van der Waals surface area (Å²) in [5.41, 5.74) is 3.62. The molecule has 3 rings (SSSR count). The number of hydrogen-bond acceptors (Lipinski definition) is 4. The van der Waals surface area contributed by atoms with E-state index >= 15 is 0 Å². The first-order chi connectivity index (χ1) is 18.3. The summed E-state index contributed by atoms with van der Waals surface area (Å²) in [5, 5.41) is 3.23. The van der Waals surface area contributed by atoms with Crippen LogP contribution in [0.4, 0.5) is 5.69 Å². The molecule has 7 nitrogen and oxygen atoms in total. The van der Waals surface area contributed by atoms with Gasteiger partial charge in [-0.25, -0.2) is 8.42 Å². The zero-order valence-corrected chi connectivity index (χ0v) is 24.8. The molecule has 0 unspecified atom stereocenters. The van der Waals surface area contributed by atoms with Gasteiger partial charge in [0, 0.05) is 17.6 Å². The van der Waals surface area contributed by atoms with Gasteiger partial charge in [-0.3, -0.25) is 13.9 Å². The number of benzene rings is 3. The summed E-state index contributed by atoms with van der Waals surface area (Å²) in [6, 6.07) is 18.1. The Bertz CT molecular complexity index is 1420. The van der Waals surface area contributed by atoms with Crippen molar-refractivity contribution < 1.29 is 18.0 Å². The molecule has 39 heavy (non-hydrogen) atoms. The number of anilines is 1. The van der Waals surface area contributed by atoms with Gasteiger partial charge in [0.05, 0.1) is 10.6 Å². The van der Waals surface area contributed by atoms with Gasteiger partial charge in [-0.05, 0) is 76.9 Å². The van der Waals surface area contributed by atoms with Crippen molar-refractivity contribution in [1.82, 2.24) is 10.2 Å². The lowest BCUT2D eigenvalue weighted by atomic mass is 10.1. The number of amides is 2.